The molecule has 0 spiro atoms. The van der Waals surface area contributed by atoms with Crippen LogP contribution in [0.2, 0.25) is 5.02 Å². The summed E-state index contributed by atoms with van der Waals surface area (Å²) in [5, 5.41) is 0.780. The molecule has 1 amide bonds. The Balaban J connectivity index is 1.85. The molecule has 10 nitrogen and oxygen atoms in total. The van der Waals surface area contributed by atoms with E-state index in [-0.39, 0.29) is 40.1 Å². The Morgan fingerprint density at radius 2 is 1.79 bits per heavy atom. The second-order valence-electron chi connectivity index (χ2n) is 11.3. The van der Waals surface area contributed by atoms with Crippen LogP contribution in [0.4, 0.5) is 15.9 Å². The number of benzene rings is 1. The van der Waals surface area contributed by atoms with Gasteiger partial charge in [-0.3, -0.25) is 4.79 Å². The van der Waals surface area contributed by atoms with Gasteiger partial charge in [0.1, 0.15) is 18.0 Å². The molecule has 12 heteroatoms. The van der Waals surface area contributed by atoms with Gasteiger partial charge in [0, 0.05) is 36.9 Å². The van der Waals surface area contributed by atoms with Crippen molar-refractivity contribution in [2.75, 3.05) is 30.3 Å². The van der Waals surface area contributed by atoms with Gasteiger partial charge in [0.2, 0.25) is 5.91 Å². The predicted molar refractivity (Wildman–Crippen MR) is 167 cm³/mol. The zero-order valence-electron chi connectivity index (χ0n) is 24.8. The Hall–Kier alpha value is -4.38. The molecule has 1 aromatic carbocycles. The number of rotatable bonds is 6. The summed E-state index contributed by atoms with van der Waals surface area (Å²) >= 11 is 6.85. The number of amides is 1. The van der Waals surface area contributed by atoms with Crippen LogP contribution in [0.5, 0.6) is 0 Å². The fourth-order valence-corrected chi connectivity index (χ4v) is 5.80. The molecule has 1 saturated heterocycles. The third-order valence-electron chi connectivity index (χ3n) is 7.65. The average Bonchev–Trinajstić information content (AvgIpc) is 2.96. The van der Waals surface area contributed by atoms with E-state index in [4.69, 9.17) is 22.3 Å². The van der Waals surface area contributed by atoms with Crippen LogP contribution in [0.25, 0.3) is 28.0 Å². The molecule has 1 aliphatic rings. The third kappa shape index (κ3) is 5.45. The lowest BCUT2D eigenvalue weighted by Gasteiger charge is -2.40. The number of nitrogens with zero attached hydrogens (tertiary/aromatic N) is 7. The summed E-state index contributed by atoms with van der Waals surface area (Å²) in [7, 11) is 0. The number of piperazine rings is 1. The highest BCUT2D eigenvalue weighted by molar-refractivity contribution is 6.34. The SMILES string of the molecule is C=CC(=O)N1CCN(c2nc(=O)n(-c3c(C(C)C)ncnc3C(C)C)c3nc(-c4ccc(F)cc4N)c(Cl)cc23)[C@@H](C)C1. The normalized spacial score (nSPS) is 15.5. The van der Waals surface area contributed by atoms with E-state index in [2.05, 4.69) is 21.5 Å². The molecule has 0 unspecified atom stereocenters. The van der Waals surface area contributed by atoms with E-state index in [0.717, 1.165) is 0 Å². The van der Waals surface area contributed by atoms with E-state index in [1.165, 1.54) is 35.2 Å². The zero-order valence-corrected chi connectivity index (χ0v) is 25.6. The van der Waals surface area contributed by atoms with Crippen molar-refractivity contribution >= 4 is 40.0 Å². The van der Waals surface area contributed by atoms with Gasteiger partial charge in [0.25, 0.3) is 0 Å². The molecule has 0 saturated carbocycles. The number of hydrogen-bond donors (Lipinski definition) is 1. The highest BCUT2D eigenvalue weighted by Crippen LogP contribution is 2.37. The summed E-state index contributed by atoms with van der Waals surface area (Å²) in [6, 6.07) is 5.53. The molecule has 0 bridgehead atoms. The predicted octanol–water partition coefficient (Wildman–Crippen LogP) is 5.08. The minimum atomic E-state index is -0.564. The van der Waals surface area contributed by atoms with Crippen LogP contribution in [-0.4, -0.2) is 61.0 Å². The number of pyridine rings is 1. The first-order valence-corrected chi connectivity index (χ1v) is 14.5. The fourth-order valence-electron chi connectivity index (χ4n) is 5.55. The molecule has 1 fully saturated rings. The molecule has 3 aromatic heterocycles. The summed E-state index contributed by atoms with van der Waals surface area (Å²) in [6.45, 7) is 14.8. The summed E-state index contributed by atoms with van der Waals surface area (Å²) in [6.07, 6.45) is 2.80. The van der Waals surface area contributed by atoms with Gasteiger partial charge in [0.15, 0.2) is 5.65 Å². The van der Waals surface area contributed by atoms with E-state index >= 15 is 0 Å². The maximum absolute atomic E-state index is 14.2. The van der Waals surface area contributed by atoms with Crippen LogP contribution < -0.4 is 16.3 Å². The first-order chi connectivity index (χ1) is 20.4. The Labute approximate surface area is 254 Å². The van der Waals surface area contributed by atoms with Crippen molar-refractivity contribution in [2.24, 2.45) is 0 Å². The summed E-state index contributed by atoms with van der Waals surface area (Å²) < 4.78 is 15.4. The molecule has 224 valence electrons. The second-order valence-corrected chi connectivity index (χ2v) is 11.7. The molecule has 0 radical (unpaired) electrons. The molecule has 5 rings (SSSR count). The number of aromatic nitrogens is 5. The average molecular weight is 605 g/mol. The summed E-state index contributed by atoms with van der Waals surface area (Å²) in [5.74, 6) is -0.345. The third-order valence-corrected chi connectivity index (χ3v) is 7.94. The lowest BCUT2D eigenvalue weighted by Crippen LogP contribution is -2.54. The van der Waals surface area contributed by atoms with Crippen molar-refractivity contribution in [3.63, 3.8) is 0 Å². The topological polar surface area (TPSA) is 123 Å². The fraction of sp³-hybridized carbons (Fsp3) is 0.355. The first kappa shape index (κ1) is 30.1. The molecular formula is C31H34ClFN8O2. The summed E-state index contributed by atoms with van der Waals surface area (Å²) in [5.41, 5.74) is 8.65. The van der Waals surface area contributed by atoms with Crippen molar-refractivity contribution in [3.8, 4) is 16.9 Å². The van der Waals surface area contributed by atoms with Gasteiger partial charge >= 0.3 is 5.69 Å². The molecule has 43 heavy (non-hydrogen) atoms. The zero-order chi connectivity index (χ0) is 31.2. The number of carbonyl (C=O) groups excluding carboxylic acids is 1. The minimum absolute atomic E-state index is 0.0489. The number of nitrogen functional groups attached to an aromatic ring is 1. The molecular weight excluding hydrogens is 571 g/mol. The van der Waals surface area contributed by atoms with Crippen molar-refractivity contribution < 1.29 is 9.18 Å². The van der Waals surface area contributed by atoms with Gasteiger partial charge in [0.05, 0.1) is 33.2 Å². The number of anilines is 2. The second kappa shape index (κ2) is 11.7. The van der Waals surface area contributed by atoms with Crippen LogP contribution in [0.15, 0.2) is 48.0 Å². The molecule has 4 heterocycles. The highest BCUT2D eigenvalue weighted by atomic mass is 35.5. The Bertz CT molecular complexity index is 1780. The van der Waals surface area contributed by atoms with Crippen LogP contribution in [-0.2, 0) is 4.79 Å². The molecule has 1 aliphatic heterocycles. The highest BCUT2D eigenvalue weighted by Gasteiger charge is 2.31. The van der Waals surface area contributed by atoms with Gasteiger partial charge in [-0.05, 0) is 49.1 Å². The molecule has 0 aliphatic carbocycles. The Morgan fingerprint density at radius 3 is 2.37 bits per heavy atom. The van der Waals surface area contributed by atoms with E-state index in [0.29, 0.717) is 59.2 Å². The Morgan fingerprint density at radius 1 is 1.12 bits per heavy atom. The number of hydrogen-bond acceptors (Lipinski definition) is 8. The van der Waals surface area contributed by atoms with Gasteiger partial charge < -0.3 is 15.5 Å². The molecule has 1 atom stereocenters. The van der Waals surface area contributed by atoms with Crippen LogP contribution in [0.3, 0.4) is 0 Å². The monoisotopic (exact) mass is 604 g/mol. The van der Waals surface area contributed by atoms with E-state index in [1.807, 2.05) is 39.5 Å². The lowest BCUT2D eigenvalue weighted by molar-refractivity contribution is -0.126. The summed E-state index contributed by atoms with van der Waals surface area (Å²) in [4.78, 5) is 48.8. The standard InChI is InChI=1S/C31H34ClFN8O2/c1-7-24(42)39-10-11-40(18(6)14-39)29-21-13-22(32)27(20-9-8-19(33)12-23(20)34)37-30(21)41(31(43)38-29)28-25(16(2)3)35-15-36-26(28)17(4)5/h7-9,12-13,15-18H,1,10-11,14,34H2,2-6H3/t18-/m0/s1. The van der Waals surface area contributed by atoms with Crippen molar-refractivity contribution in [1.82, 2.24) is 29.4 Å². The quantitative estimate of drug-likeness (QED) is 0.239. The van der Waals surface area contributed by atoms with E-state index in [9.17, 15) is 14.0 Å². The lowest BCUT2D eigenvalue weighted by atomic mass is 10.0. The number of halogens is 2. The molecule has 4 aromatic rings. The van der Waals surface area contributed by atoms with E-state index < -0.39 is 11.5 Å². The maximum Gasteiger partial charge on any atom is 0.355 e. The largest absolute Gasteiger partial charge is 0.398 e. The van der Waals surface area contributed by atoms with Crippen molar-refractivity contribution in [3.05, 3.63) is 76.0 Å². The minimum Gasteiger partial charge on any atom is -0.398 e. The Kier molecular flexibility index (Phi) is 8.20. The number of fused-ring (bicyclic) bond motifs is 1. The van der Waals surface area contributed by atoms with Gasteiger partial charge in [-0.25, -0.2) is 28.7 Å². The van der Waals surface area contributed by atoms with Crippen molar-refractivity contribution in [1.29, 1.82) is 0 Å². The van der Waals surface area contributed by atoms with Gasteiger partial charge in [-0.1, -0.05) is 45.9 Å². The molecule has 2 N–H and O–H groups in total. The van der Waals surface area contributed by atoms with Crippen molar-refractivity contribution in [2.45, 2.75) is 52.5 Å². The van der Waals surface area contributed by atoms with Gasteiger partial charge in [-0.2, -0.15) is 4.98 Å². The number of carbonyl (C=O) groups is 1. The van der Waals surface area contributed by atoms with Crippen LogP contribution >= 0.6 is 11.6 Å². The number of nitrogens with two attached hydrogens (primary N) is 1. The van der Waals surface area contributed by atoms with Crippen LogP contribution in [0.1, 0.15) is 57.8 Å². The first-order valence-electron chi connectivity index (χ1n) is 14.1. The smallest absolute Gasteiger partial charge is 0.355 e. The van der Waals surface area contributed by atoms with Gasteiger partial charge in [-0.15, -0.1) is 0 Å². The van der Waals surface area contributed by atoms with E-state index in [1.54, 1.807) is 11.0 Å². The van der Waals surface area contributed by atoms with Crippen LogP contribution in [0, 0.1) is 5.82 Å². The maximum atomic E-state index is 14.2.